The van der Waals surface area contributed by atoms with Crippen molar-refractivity contribution in [2.75, 3.05) is 0 Å². The van der Waals surface area contributed by atoms with Crippen LogP contribution >= 0.6 is 0 Å². The predicted octanol–water partition coefficient (Wildman–Crippen LogP) is 6.10. The van der Waals surface area contributed by atoms with Gasteiger partial charge in [-0.3, -0.25) is 9.98 Å². The number of aromatic nitrogens is 1. The number of allylic oxidation sites excluding steroid dienone is 9. The molecule has 138 valence electrons. The first-order chi connectivity index (χ1) is 13.6. The lowest BCUT2D eigenvalue weighted by molar-refractivity contribution is 0.604. The highest BCUT2D eigenvalue weighted by Gasteiger charge is 2.14. The van der Waals surface area contributed by atoms with Gasteiger partial charge in [0.2, 0.25) is 0 Å². The van der Waals surface area contributed by atoms with Crippen LogP contribution in [0.4, 0.5) is 0 Å². The molecule has 0 spiro atoms. The van der Waals surface area contributed by atoms with Crippen LogP contribution in [0.2, 0.25) is 0 Å². The fourth-order valence-corrected chi connectivity index (χ4v) is 2.39. The Kier molecular flexibility index (Phi) is 7.01. The summed E-state index contributed by atoms with van der Waals surface area (Å²) >= 11 is 0. The van der Waals surface area contributed by atoms with Crippen molar-refractivity contribution < 1.29 is 4.42 Å². The maximum atomic E-state index is 9.27. The molecule has 0 unspecified atom stereocenters. The van der Waals surface area contributed by atoms with Crippen LogP contribution in [0, 0.1) is 11.3 Å². The van der Waals surface area contributed by atoms with Gasteiger partial charge < -0.3 is 4.42 Å². The van der Waals surface area contributed by atoms with E-state index in [0.29, 0.717) is 28.1 Å². The minimum Gasteiger partial charge on any atom is -0.452 e. The van der Waals surface area contributed by atoms with Crippen molar-refractivity contribution in [3.05, 3.63) is 110 Å². The Labute approximate surface area is 165 Å². The van der Waals surface area contributed by atoms with Gasteiger partial charge in [0.1, 0.15) is 11.2 Å². The average molecular weight is 367 g/mol. The Balaban J connectivity index is 2.64. The van der Waals surface area contributed by atoms with Crippen molar-refractivity contribution in [1.29, 1.82) is 5.26 Å². The Morgan fingerprint density at radius 2 is 2.00 bits per heavy atom. The summed E-state index contributed by atoms with van der Waals surface area (Å²) in [7, 11) is 0. The molecule has 0 radical (unpaired) electrons. The monoisotopic (exact) mass is 367 g/mol. The first kappa shape index (κ1) is 20.3. The van der Waals surface area contributed by atoms with Crippen LogP contribution in [0.5, 0.6) is 0 Å². The minimum atomic E-state index is 0.458. The zero-order chi connectivity index (χ0) is 20.5. The molecule has 0 saturated carbocycles. The molecule has 0 N–H and O–H groups in total. The lowest BCUT2D eigenvalue weighted by Gasteiger charge is -2.03. The van der Waals surface area contributed by atoms with Crippen LogP contribution in [0.3, 0.4) is 0 Å². The van der Waals surface area contributed by atoms with E-state index in [1.165, 1.54) is 0 Å². The molecule has 2 aromatic rings. The van der Waals surface area contributed by atoms with E-state index in [1.54, 1.807) is 48.9 Å². The predicted molar refractivity (Wildman–Crippen MR) is 117 cm³/mol. The van der Waals surface area contributed by atoms with Gasteiger partial charge in [0.15, 0.2) is 11.3 Å². The van der Waals surface area contributed by atoms with Crippen molar-refractivity contribution in [2.45, 2.75) is 6.92 Å². The minimum absolute atomic E-state index is 0.458. The van der Waals surface area contributed by atoms with Crippen molar-refractivity contribution in [1.82, 2.24) is 4.98 Å². The van der Waals surface area contributed by atoms with Gasteiger partial charge in [-0.1, -0.05) is 44.5 Å². The summed E-state index contributed by atoms with van der Waals surface area (Å²) in [6, 6.07) is 5.75. The molecule has 0 aromatic carbocycles. The van der Waals surface area contributed by atoms with Crippen molar-refractivity contribution >= 4 is 22.4 Å². The number of nitriles is 1. The Bertz CT molecular complexity index is 1100. The van der Waals surface area contributed by atoms with E-state index < -0.39 is 0 Å². The summed E-state index contributed by atoms with van der Waals surface area (Å²) in [6.07, 6.45) is 13.3. The molecule has 0 aliphatic heterocycles. The maximum Gasteiger partial charge on any atom is 0.161 e. The number of fused-ring (bicyclic) bond motifs is 1. The number of hydrogen-bond donors (Lipinski definition) is 0. The number of nitrogens with zero attached hydrogens (tertiary/aromatic N) is 3. The lowest BCUT2D eigenvalue weighted by Crippen LogP contribution is -1.92. The van der Waals surface area contributed by atoms with Crippen LogP contribution in [0.15, 0.2) is 108 Å². The molecule has 28 heavy (non-hydrogen) atoms. The Morgan fingerprint density at radius 1 is 1.21 bits per heavy atom. The van der Waals surface area contributed by atoms with Gasteiger partial charge in [-0.25, -0.2) is 0 Å². The number of rotatable bonds is 8. The summed E-state index contributed by atoms with van der Waals surface area (Å²) in [5.41, 5.74) is 4.73. The Morgan fingerprint density at radius 3 is 2.61 bits per heavy atom. The van der Waals surface area contributed by atoms with Crippen molar-refractivity contribution in [2.24, 2.45) is 4.99 Å². The molecule has 2 rings (SSSR count). The van der Waals surface area contributed by atoms with Gasteiger partial charge >= 0.3 is 0 Å². The zero-order valence-electron chi connectivity index (χ0n) is 15.9. The second-order valence-corrected chi connectivity index (χ2v) is 5.75. The highest BCUT2D eigenvalue weighted by atomic mass is 16.3. The largest absolute Gasteiger partial charge is 0.452 e. The van der Waals surface area contributed by atoms with E-state index in [-0.39, 0.29) is 0 Å². The average Bonchev–Trinajstić information content (AvgIpc) is 3.15. The molecular formula is C24H21N3O. The van der Waals surface area contributed by atoms with Crippen molar-refractivity contribution in [3.8, 4) is 6.07 Å². The topological polar surface area (TPSA) is 62.2 Å². The van der Waals surface area contributed by atoms with Crippen LogP contribution in [-0.2, 0) is 0 Å². The van der Waals surface area contributed by atoms with Crippen LogP contribution in [-0.4, -0.2) is 10.7 Å². The second-order valence-electron chi connectivity index (χ2n) is 5.75. The molecule has 0 fully saturated rings. The fourth-order valence-electron chi connectivity index (χ4n) is 2.39. The molecule has 0 aliphatic carbocycles. The van der Waals surface area contributed by atoms with E-state index in [4.69, 9.17) is 4.42 Å². The van der Waals surface area contributed by atoms with E-state index in [1.807, 2.05) is 19.1 Å². The summed E-state index contributed by atoms with van der Waals surface area (Å²) < 4.78 is 6.05. The maximum absolute atomic E-state index is 9.27. The van der Waals surface area contributed by atoms with Crippen LogP contribution in [0.25, 0.3) is 16.7 Å². The smallest absolute Gasteiger partial charge is 0.161 e. The van der Waals surface area contributed by atoms with Gasteiger partial charge in [-0.15, -0.1) is 0 Å². The standard InChI is InChI=1S/C24H21N3O/c1-6-10-18(15-25)13-19(8-3)20-11-12-26-22-14-23(28-24(20)22)21(9-4)27-16-17(5)7-2/h6-14,16H,1-4H2,5H3/b17-16-,18-10+,19-13+,27-21+. The molecule has 4 heteroatoms. The van der Waals surface area contributed by atoms with Gasteiger partial charge in [-0.05, 0) is 42.4 Å². The van der Waals surface area contributed by atoms with Gasteiger partial charge in [0.25, 0.3) is 0 Å². The van der Waals surface area contributed by atoms with Gasteiger partial charge in [-0.2, -0.15) is 5.26 Å². The second kappa shape index (κ2) is 9.65. The number of aliphatic imine (C=N–C) groups is 1. The van der Waals surface area contributed by atoms with E-state index in [0.717, 1.165) is 16.7 Å². The van der Waals surface area contributed by atoms with E-state index in [9.17, 15) is 5.26 Å². The zero-order valence-corrected chi connectivity index (χ0v) is 15.9. The SMILES string of the molecule is C=C/C=C(C#N)\C=C(/C=C)c1ccnc2cc(/C(C=C)=N/C=C(/C)C=C)oc12. The molecule has 0 amide bonds. The summed E-state index contributed by atoms with van der Waals surface area (Å²) in [4.78, 5) is 8.78. The highest BCUT2D eigenvalue weighted by molar-refractivity contribution is 6.09. The normalized spacial score (nSPS) is 13.1. The molecule has 2 heterocycles. The van der Waals surface area contributed by atoms with Gasteiger partial charge in [0.05, 0.1) is 11.6 Å². The number of furan rings is 1. The molecule has 2 aromatic heterocycles. The van der Waals surface area contributed by atoms with Gasteiger partial charge in [0, 0.05) is 24.0 Å². The lowest BCUT2D eigenvalue weighted by atomic mass is 10.0. The molecule has 0 aliphatic rings. The first-order valence-corrected chi connectivity index (χ1v) is 8.53. The van der Waals surface area contributed by atoms with E-state index in [2.05, 4.69) is 42.4 Å². The third kappa shape index (κ3) is 4.60. The van der Waals surface area contributed by atoms with Crippen LogP contribution in [0.1, 0.15) is 18.2 Å². The van der Waals surface area contributed by atoms with E-state index >= 15 is 0 Å². The van der Waals surface area contributed by atoms with Crippen LogP contribution < -0.4 is 0 Å². The molecular weight excluding hydrogens is 346 g/mol. The third-order valence-corrected chi connectivity index (χ3v) is 3.86. The molecule has 0 bridgehead atoms. The highest BCUT2D eigenvalue weighted by Crippen LogP contribution is 2.28. The van der Waals surface area contributed by atoms with Crippen molar-refractivity contribution in [3.63, 3.8) is 0 Å². The number of hydrogen-bond acceptors (Lipinski definition) is 4. The molecule has 0 atom stereocenters. The summed E-state index contributed by atoms with van der Waals surface area (Å²) in [5, 5.41) is 9.27. The first-order valence-electron chi connectivity index (χ1n) is 8.53. The Hall–Kier alpha value is -3.97. The quantitative estimate of drug-likeness (QED) is 0.322. The third-order valence-electron chi connectivity index (χ3n) is 3.86. The number of pyridine rings is 1. The molecule has 0 saturated heterocycles. The summed E-state index contributed by atoms with van der Waals surface area (Å²) in [5.74, 6) is 0.545. The molecule has 4 nitrogen and oxygen atoms in total. The fraction of sp³-hybridized carbons (Fsp3) is 0.0417. The summed E-state index contributed by atoms with van der Waals surface area (Å²) in [6.45, 7) is 16.9.